The van der Waals surface area contributed by atoms with Crippen LogP contribution in [0.5, 0.6) is 0 Å². The SMILES string of the molecule is CN/C(C=O)=C\CCCNC(=O)CO/C=C/OCCNC(=O)CCN1C(=O)C=CC1=O. The highest BCUT2D eigenvalue weighted by atomic mass is 16.5. The topological polar surface area (TPSA) is 143 Å². The van der Waals surface area contributed by atoms with Gasteiger partial charge in [0, 0.05) is 38.7 Å². The molecule has 0 atom stereocenters. The van der Waals surface area contributed by atoms with Gasteiger partial charge in [0.2, 0.25) is 5.91 Å². The second kappa shape index (κ2) is 15.2. The molecule has 3 N–H and O–H groups in total. The molecule has 31 heavy (non-hydrogen) atoms. The Morgan fingerprint density at radius 1 is 1.03 bits per heavy atom. The van der Waals surface area contributed by atoms with Gasteiger partial charge in [-0.25, -0.2) is 0 Å². The van der Waals surface area contributed by atoms with Crippen LogP contribution < -0.4 is 16.0 Å². The zero-order chi connectivity index (χ0) is 22.9. The maximum atomic E-state index is 11.7. The molecular formula is C20H28N4O7. The molecule has 170 valence electrons. The summed E-state index contributed by atoms with van der Waals surface area (Å²) in [4.78, 5) is 57.5. The van der Waals surface area contributed by atoms with Crippen LogP contribution in [-0.4, -0.2) is 74.7 Å². The van der Waals surface area contributed by atoms with Crippen molar-refractivity contribution in [1.29, 1.82) is 0 Å². The second-order valence-corrected chi connectivity index (χ2v) is 6.23. The smallest absolute Gasteiger partial charge is 0.257 e. The van der Waals surface area contributed by atoms with Crippen LogP contribution in [0.1, 0.15) is 19.3 Å². The largest absolute Gasteiger partial charge is 0.496 e. The lowest BCUT2D eigenvalue weighted by atomic mass is 10.2. The highest BCUT2D eigenvalue weighted by molar-refractivity contribution is 6.13. The molecular weight excluding hydrogens is 408 g/mol. The van der Waals surface area contributed by atoms with Crippen molar-refractivity contribution < 1.29 is 33.4 Å². The van der Waals surface area contributed by atoms with E-state index < -0.39 is 11.8 Å². The molecule has 1 heterocycles. The van der Waals surface area contributed by atoms with E-state index in [2.05, 4.69) is 16.0 Å². The summed E-state index contributed by atoms with van der Waals surface area (Å²) in [6.07, 6.45) is 8.67. The van der Waals surface area contributed by atoms with Crippen LogP contribution in [-0.2, 0) is 33.4 Å². The number of imide groups is 1. The average Bonchev–Trinajstić information content (AvgIpc) is 3.08. The fourth-order valence-electron chi connectivity index (χ4n) is 2.32. The van der Waals surface area contributed by atoms with Crippen LogP contribution >= 0.6 is 0 Å². The first-order valence-corrected chi connectivity index (χ1v) is 9.76. The van der Waals surface area contributed by atoms with Crippen molar-refractivity contribution >= 4 is 29.9 Å². The molecule has 0 saturated heterocycles. The maximum Gasteiger partial charge on any atom is 0.257 e. The molecule has 0 saturated carbocycles. The van der Waals surface area contributed by atoms with Gasteiger partial charge in [-0.3, -0.25) is 28.9 Å². The number of carbonyl (C=O) groups excluding carboxylic acids is 5. The van der Waals surface area contributed by atoms with Crippen LogP contribution in [0.3, 0.4) is 0 Å². The Balaban J connectivity index is 1.97. The van der Waals surface area contributed by atoms with E-state index in [9.17, 15) is 24.0 Å². The molecule has 0 aromatic rings. The quantitative estimate of drug-likeness (QED) is 0.0931. The molecule has 1 aliphatic rings. The Bertz CT molecular complexity index is 713. The summed E-state index contributed by atoms with van der Waals surface area (Å²) in [6, 6.07) is 0. The maximum absolute atomic E-state index is 11.7. The van der Waals surface area contributed by atoms with Crippen molar-refractivity contribution in [3.8, 4) is 0 Å². The number of aldehydes is 1. The Morgan fingerprint density at radius 3 is 2.39 bits per heavy atom. The number of likely N-dealkylation sites (N-methyl/N-ethyl adjacent to an activating group) is 1. The minimum absolute atomic E-state index is 0.0112. The van der Waals surface area contributed by atoms with E-state index >= 15 is 0 Å². The second-order valence-electron chi connectivity index (χ2n) is 6.23. The van der Waals surface area contributed by atoms with E-state index in [1.165, 1.54) is 24.7 Å². The van der Waals surface area contributed by atoms with Crippen molar-refractivity contribution in [2.45, 2.75) is 19.3 Å². The van der Waals surface area contributed by atoms with E-state index in [4.69, 9.17) is 9.47 Å². The third-order valence-corrected chi connectivity index (χ3v) is 3.95. The van der Waals surface area contributed by atoms with Gasteiger partial charge < -0.3 is 25.4 Å². The Hall–Kier alpha value is -3.63. The summed E-state index contributed by atoms with van der Waals surface area (Å²) in [7, 11) is 1.66. The number of unbranched alkanes of at least 4 members (excludes halogenated alkanes) is 1. The van der Waals surface area contributed by atoms with Gasteiger partial charge in [0.1, 0.15) is 19.1 Å². The number of nitrogens with one attached hydrogen (secondary N) is 3. The van der Waals surface area contributed by atoms with Gasteiger partial charge in [0.25, 0.3) is 17.7 Å². The van der Waals surface area contributed by atoms with Gasteiger partial charge in [-0.15, -0.1) is 0 Å². The van der Waals surface area contributed by atoms with Crippen molar-refractivity contribution in [2.24, 2.45) is 0 Å². The van der Waals surface area contributed by atoms with Crippen LogP contribution in [0, 0.1) is 0 Å². The summed E-state index contributed by atoms with van der Waals surface area (Å²) in [5.74, 6) is -1.43. The molecule has 0 unspecified atom stereocenters. The standard InChI is InChI=1S/C20H28N4O7/c1-21-16(14-25)4-2-3-8-22-18(27)15-31-13-12-30-11-9-23-17(26)7-10-24-19(28)5-6-20(24)29/h4-6,12-14,21H,2-3,7-11,15H2,1H3,(H,22,27)(H,23,26)/b13-12+,16-4-. The van der Waals surface area contributed by atoms with E-state index in [-0.39, 0.29) is 44.5 Å². The third kappa shape index (κ3) is 11.2. The first-order chi connectivity index (χ1) is 15.0. The van der Waals surface area contributed by atoms with Gasteiger partial charge in [0.15, 0.2) is 12.9 Å². The molecule has 0 aromatic carbocycles. The zero-order valence-electron chi connectivity index (χ0n) is 17.4. The normalized spacial score (nSPS) is 13.5. The van der Waals surface area contributed by atoms with Gasteiger partial charge in [-0.1, -0.05) is 6.08 Å². The number of ether oxygens (including phenoxy) is 2. The van der Waals surface area contributed by atoms with E-state index in [1.807, 2.05) is 0 Å². The fraction of sp³-hybridized carbons (Fsp3) is 0.450. The minimum atomic E-state index is -0.421. The minimum Gasteiger partial charge on any atom is -0.496 e. The summed E-state index contributed by atoms with van der Waals surface area (Å²) in [5.41, 5.74) is 0.506. The van der Waals surface area contributed by atoms with Gasteiger partial charge in [-0.2, -0.15) is 0 Å². The van der Waals surface area contributed by atoms with Crippen LogP contribution in [0.15, 0.2) is 36.4 Å². The van der Waals surface area contributed by atoms with E-state index in [1.54, 1.807) is 13.1 Å². The number of hydrogen-bond donors (Lipinski definition) is 3. The van der Waals surface area contributed by atoms with Gasteiger partial charge >= 0.3 is 0 Å². The first kappa shape index (κ1) is 25.4. The lowest BCUT2D eigenvalue weighted by molar-refractivity contribution is -0.137. The Labute approximate surface area is 180 Å². The van der Waals surface area contributed by atoms with Crippen molar-refractivity contribution in [3.63, 3.8) is 0 Å². The molecule has 1 rings (SSSR count). The van der Waals surface area contributed by atoms with Gasteiger partial charge in [0.05, 0.1) is 12.2 Å². The predicted molar refractivity (Wildman–Crippen MR) is 110 cm³/mol. The molecule has 0 radical (unpaired) electrons. The lowest BCUT2D eigenvalue weighted by Crippen LogP contribution is -2.35. The first-order valence-electron chi connectivity index (χ1n) is 9.76. The summed E-state index contributed by atoms with van der Waals surface area (Å²) >= 11 is 0. The van der Waals surface area contributed by atoms with E-state index in [0.717, 1.165) is 11.2 Å². The van der Waals surface area contributed by atoms with Crippen LogP contribution in [0.4, 0.5) is 0 Å². The van der Waals surface area contributed by atoms with Crippen molar-refractivity contribution in [1.82, 2.24) is 20.9 Å². The molecule has 4 amide bonds. The average molecular weight is 436 g/mol. The highest BCUT2D eigenvalue weighted by Crippen LogP contribution is 2.03. The molecule has 0 bridgehead atoms. The zero-order valence-corrected chi connectivity index (χ0v) is 17.4. The number of nitrogens with zero attached hydrogens (tertiary/aromatic N) is 1. The number of rotatable bonds is 16. The van der Waals surface area contributed by atoms with Gasteiger partial charge in [-0.05, 0) is 12.8 Å². The molecule has 0 aromatic heterocycles. The number of allylic oxidation sites excluding steroid dienone is 2. The fourth-order valence-corrected chi connectivity index (χ4v) is 2.32. The number of amides is 4. The van der Waals surface area contributed by atoms with Crippen molar-refractivity contribution in [3.05, 3.63) is 36.4 Å². The summed E-state index contributed by atoms with van der Waals surface area (Å²) < 4.78 is 10.1. The van der Waals surface area contributed by atoms with E-state index in [0.29, 0.717) is 25.1 Å². The number of carbonyl (C=O) groups is 5. The molecule has 0 fully saturated rings. The third-order valence-electron chi connectivity index (χ3n) is 3.95. The Kier molecular flexibility index (Phi) is 12.5. The summed E-state index contributed by atoms with van der Waals surface area (Å²) in [5, 5.41) is 8.02. The monoisotopic (exact) mass is 436 g/mol. The highest BCUT2D eigenvalue weighted by Gasteiger charge is 2.23. The van der Waals surface area contributed by atoms with Crippen LogP contribution in [0.2, 0.25) is 0 Å². The molecule has 1 aliphatic heterocycles. The molecule has 0 aliphatic carbocycles. The molecule has 11 heteroatoms. The Morgan fingerprint density at radius 2 is 1.71 bits per heavy atom. The lowest BCUT2D eigenvalue weighted by Gasteiger charge is -2.13. The van der Waals surface area contributed by atoms with Crippen LogP contribution in [0.25, 0.3) is 0 Å². The predicted octanol–water partition coefficient (Wildman–Crippen LogP) is -0.879. The summed E-state index contributed by atoms with van der Waals surface area (Å²) in [6.45, 7) is 0.747. The number of hydrogen-bond acceptors (Lipinski definition) is 8. The molecule has 0 spiro atoms. The molecule has 11 nitrogen and oxygen atoms in total. The van der Waals surface area contributed by atoms with Crippen molar-refractivity contribution in [2.75, 3.05) is 39.9 Å².